The number of aliphatic carboxylic acids is 1. The topological polar surface area (TPSA) is 107 Å². The Balaban J connectivity index is 2.31. The lowest BCUT2D eigenvalue weighted by Gasteiger charge is -2.14. The first-order valence-electron chi connectivity index (χ1n) is 6.40. The minimum absolute atomic E-state index is 0.00195. The van der Waals surface area contributed by atoms with E-state index in [0.29, 0.717) is 5.39 Å². The zero-order chi connectivity index (χ0) is 15.4. The molecular formula is C15H15NO5. The highest BCUT2D eigenvalue weighted by Gasteiger charge is 2.22. The number of phenols is 1. The highest BCUT2D eigenvalue weighted by atomic mass is 16.4. The van der Waals surface area contributed by atoms with Crippen molar-refractivity contribution in [2.75, 3.05) is 6.61 Å². The molecular weight excluding hydrogens is 274 g/mol. The average Bonchev–Trinajstić information content (AvgIpc) is 2.47. The number of carbonyl (C=O) groups excluding carboxylic acids is 1. The maximum absolute atomic E-state index is 12.1. The molecule has 1 unspecified atom stereocenters. The van der Waals surface area contributed by atoms with Gasteiger partial charge in [-0.2, -0.15) is 0 Å². The quantitative estimate of drug-likeness (QED) is 0.659. The molecule has 6 nitrogen and oxygen atoms in total. The number of aliphatic hydroxyl groups excluding tert-OH is 1. The zero-order valence-corrected chi connectivity index (χ0v) is 11.1. The second kappa shape index (κ2) is 6.23. The van der Waals surface area contributed by atoms with Gasteiger partial charge in [0.1, 0.15) is 11.8 Å². The molecule has 110 valence electrons. The second-order valence-electron chi connectivity index (χ2n) is 4.56. The number of fused-ring (bicyclic) bond motifs is 1. The van der Waals surface area contributed by atoms with E-state index in [2.05, 4.69) is 5.32 Å². The van der Waals surface area contributed by atoms with E-state index in [0.717, 1.165) is 5.39 Å². The summed E-state index contributed by atoms with van der Waals surface area (Å²) in [6.07, 6.45) is -0.102. The van der Waals surface area contributed by atoms with Gasteiger partial charge in [0.15, 0.2) is 0 Å². The van der Waals surface area contributed by atoms with Crippen LogP contribution < -0.4 is 5.32 Å². The van der Waals surface area contributed by atoms with E-state index in [4.69, 9.17) is 10.2 Å². The van der Waals surface area contributed by atoms with Gasteiger partial charge in [0.2, 0.25) is 0 Å². The molecule has 21 heavy (non-hydrogen) atoms. The lowest BCUT2D eigenvalue weighted by atomic mass is 10.0. The SMILES string of the molecule is O=C(NC(CCO)C(=O)O)c1ccc2ccccc2c1O. The van der Waals surface area contributed by atoms with Crippen molar-refractivity contribution >= 4 is 22.6 Å². The first-order valence-corrected chi connectivity index (χ1v) is 6.40. The number of hydrogen-bond donors (Lipinski definition) is 4. The van der Waals surface area contributed by atoms with Crippen molar-refractivity contribution in [3.8, 4) is 5.75 Å². The van der Waals surface area contributed by atoms with Crippen LogP contribution in [0.4, 0.5) is 0 Å². The van der Waals surface area contributed by atoms with Gasteiger partial charge in [-0.25, -0.2) is 4.79 Å². The summed E-state index contributed by atoms with van der Waals surface area (Å²) in [5, 5.41) is 31.5. The predicted molar refractivity (Wildman–Crippen MR) is 76.2 cm³/mol. The van der Waals surface area contributed by atoms with Crippen LogP contribution in [0.5, 0.6) is 5.75 Å². The van der Waals surface area contributed by atoms with Crippen LogP contribution in [-0.4, -0.2) is 39.8 Å². The number of aromatic hydroxyl groups is 1. The Labute approximate surface area is 120 Å². The van der Waals surface area contributed by atoms with Gasteiger partial charge in [-0.3, -0.25) is 4.79 Å². The number of carboxylic acids is 1. The number of carbonyl (C=O) groups is 2. The number of amides is 1. The average molecular weight is 289 g/mol. The monoisotopic (exact) mass is 289 g/mol. The van der Waals surface area contributed by atoms with E-state index in [-0.39, 0.29) is 24.3 Å². The second-order valence-corrected chi connectivity index (χ2v) is 4.56. The summed E-state index contributed by atoms with van der Waals surface area (Å²) in [7, 11) is 0. The van der Waals surface area contributed by atoms with Gasteiger partial charge in [0.05, 0.1) is 5.56 Å². The lowest BCUT2D eigenvalue weighted by Crippen LogP contribution is -2.41. The van der Waals surface area contributed by atoms with E-state index < -0.39 is 17.9 Å². The number of carboxylic acid groups (broad SMARTS) is 1. The summed E-state index contributed by atoms with van der Waals surface area (Å²) in [5.41, 5.74) is -0.00195. The first-order chi connectivity index (χ1) is 10.0. The Hall–Kier alpha value is -2.60. The van der Waals surface area contributed by atoms with Gasteiger partial charge in [0.25, 0.3) is 5.91 Å². The molecule has 2 rings (SSSR count). The number of hydrogen-bond acceptors (Lipinski definition) is 4. The summed E-state index contributed by atoms with van der Waals surface area (Å²) in [5.74, 6) is -2.13. The van der Waals surface area contributed by atoms with E-state index in [1.807, 2.05) is 6.07 Å². The third-order valence-corrected chi connectivity index (χ3v) is 3.17. The van der Waals surface area contributed by atoms with Crippen LogP contribution in [-0.2, 0) is 4.79 Å². The van der Waals surface area contributed by atoms with Gasteiger partial charge < -0.3 is 20.6 Å². The molecule has 0 aliphatic rings. The molecule has 0 bridgehead atoms. The fourth-order valence-corrected chi connectivity index (χ4v) is 2.06. The molecule has 0 radical (unpaired) electrons. The minimum atomic E-state index is -1.24. The van der Waals surface area contributed by atoms with Crippen LogP contribution in [0.3, 0.4) is 0 Å². The molecule has 0 aromatic heterocycles. The van der Waals surface area contributed by atoms with E-state index in [1.54, 1.807) is 24.3 Å². The van der Waals surface area contributed by atoms with Crippen LogP contribution in [0, 0.1) is 0 Å². The summed E-state index contributed by atoms with van der Waals surface area (Å²) in [4.78, 5) is 23.0. The van der Waals surface area contributed by atoms with E-state index in [1.165, 1.54) is 6.07 Å². The third-order valence-electron chi connectivity index (χ3n) is 3.17. The summed E-state index contributed by atoms with van der Waals surface area (Å²) >= 11 is 0. The normalized spacial score (nSPS) is 12.0. The number of phenolic OH excluding ortho intramolecular Hbond substituents is 1. The van der Waals surface area contributed by atoms with Crippen molar-refractivity contribution in [2.45, 2.75) is 12.5 Å². The Bertz CT molecular complexity index is 683. The van der Waals surface area contributed by atoms with Gasteiger partial charge in [0, 0.05) is 18.4 Å². The molecule has 1 amide bonds. The smallest absolute Gasteiger partial charge is 0.326 e. The molecule has 4 N–H and O–H groups in total. The van der Waals surface area contributed by atoms with Crippen LogP contribution in [0.2, 0.25) is 0 Å². The van der Waals surface area contributed by atoms with E-state index in [9.17, 15) is 14.7 Å². The first kappa shape index (κ1) is 14.8. The lowest BCUT2D eigenvalue weighted by molar-refractivity contribution is -0.139. The van der Waals surface area contributed by atoms with Crippen molar-refractivity contribution in [1.29, 1.82) is 0 Å². The summed E-state index contributed by atoms with van der Waals surface area (Å²) in [6.45, 7) is -0.360. The van der Waals surface area contributed by atoms with Crippen LogP contribution in [0.25, 0.3) is 10.8 Å². The Morgan fingerprint density at radius 1 is 1.14 bits per heavy atom. The maximum Gasteiger partial charge on any atom is 0.326 e. The molecule has 1 atom stereocenters. The Kier molecular flexibility index (Phi) is 4.39. The fraction of sp³-hybridized carbons (Fsp3) is 0.200. The van der Waals surface area contributed by atoms with Crippen molar-refractivity contribution in [2.24, 2.45) is 0 Å². The standard InChI is InChI=1S/C15H15NO5/c17-8-7-12(15(20)21)16-14(19)11-6-5-9-3-1-2-4-10(9)13(11)18/h1-6,12,17-18H,7-8H2,(H,16,19)(H,20,21). The van der Waals surface area contributed by atoms with Crippen molar-refractivity contribution in [3.63, 3.8) is 0 Å². The van der Waals surface area contributed by atoms with Crippen LogP contribution in [0.1, 0.15) is 16.8 Å². The fourth-order valence-electron chi connectivity index (χ4n) is 2.06. The van der Waals surface area contributed by atoms with Gasteiger partial charge in [-0.1, -0.05) is 30.3 Å². The molecule has 0 aliphatic heterocycles. The van der Waals surface area contributed by atoms with Gasteiger partial charge >= 0.3 is 5.97 Å². The Morgan fingerprint density at radius 3 is 2.52 bits per heavy atom. The third kappa shape index (κ3) is 3.11. The predicted octanol–water partition coefficient (Wildman–Crippen LogP) is 1.11. The van der Waals surface area contributed by atoms with Gasteiger partial charge in [-0.15, -0.1) is 0 Å². The highest BCUT2D eigenvalue weighted by molar-refractivity contribution is 6.04. The number of aliphatic hydroxyl groups is 1. The molecule has 0 spiro atoms. The summed E-state index contributed by atoms with van der Waals surface area (Å²) < 4.78 is 0. The molecule has 2 aromatic rings. The molecule has 0 saturated heterocycles. The van der Waals surface area contributed by atoms with Gasteiger partial charge in [-0.05, 0) is 11.5 Å². The molecule has 0 heterocycles. The van der Waals surface area contributed by atoms with Crippen LogP contribution in [0.15, 0.2) is 36.4 Å². The van der Waals surface area contributed by atoms with Crippen molar-refractivity contribution < 1.29 is 24.9 Å². The zero-order valence-electron chi connectivity index (χ0n) is 11.1. The molecule has 0 saturated carbocycles. The van der Waals surface area contributed by atoms with Crippen molar-refractivity contribution in [3.05, 3.63) is 42.0 Å². The Morgan fingerprint density at radius 2 is 1.86 bits per heavy atom. The van der Waals surface area contributed by atoms with E-state index >= 15 is 0 Å². The molecule has 0 aliphatic carbocycles. The minimum Gasteiger partial charge on any atom is -0.506 e. The maximum atomic E-state index is 12.1. The molecule has 0 fully saturated rings. The number of nitrogens with one attached hydrogen (secondary N) is 1. The number of rotatable bonds is 5. The molecule has 6 heteroatoms. The van der Waals surface area contributed by atoms with Crippen molar-refractivity contribution in [1.82, 2.24) is 5.32 Å². The van der Waals surface area contributed by atoms with Crippen LogP contribution >= 0.6 is 0 Å². The largest absolute Gasteiger partial charge is 0.506 e. The number of benzene rings is 2. The molecule has 2 aromatic carbocycles. The highest BCUT2D eigenvalue weighted by Crippen LogP contribution is 2.28. The summed E-state index contributed by atoms with van der Waals surface area (Å²) in [6, 6.07) is 8.91.